The van der Waals surface area contributed by atoms with Crippen LogP contribution in [-0.2, 0) is 10.0 Å². The zero-order valence-corrected chi connectivity index (χ0v) is 12.3. The fourth-order valence-electron chi connectivity index (χ4n) is 1.89. The quantitative estimate of drug-likeness (QED) is 0.838. The molecule has 1 fully saturated rings. The topological polar surface area (TPSA) is 40.6 Å². The van der Waals surface area contributed by atoms with E-state index in [-0.39, 0.29) is 14.9 Å². The predicted octanol–water partition coefficient (Wildman–Crippen LogP) is 1.93. The van der Waals surface area contributed by atoms with Gasteiger partial charge in [0.1, 0.15) is 4.90 Å². The lowest BCUT2D eigenvalue weighted by molar-refractivity contribution is 0.222. The highest BCUT2D eigenvalue weighted by Crippen LogP contribution is 2.31. The van der Waals surface area contributed by atoms with Crippen molar-refractivity contribution in [3.8, 4) is 0 Å². The molecule has 1 aromatic rings. The van der Waals surface area contributed by atoms with Crippen molar-refractivity contribution in [2.45, 2.75) is 4.90 Å². The van der Waals surface area contributed by atoms with Crippen LogP contribution in [0.25, 0.3) is 0 Å². The van der Waals surface area contributed by atoms with Gasteiger partial charge in [0.2, 0.25) is 10.0 Å². The number of rotatable bonds is 2. The van der Waals surface area contributed by atoms with Crippen molar-refractivity contribution in [2.24, 2.45) is 0 Å². The van der Waals surface area contributed by atoms with Crippen molar-refractivity contribution in [3.63, 3.8) is 0 Å². The van der Waals surface area contributed by atoms with Crippen LogP contribution in [0.2, 0.25) is 10.0 Å². The number of hydrogen-bond acceptors (Lipinski definition) is 3. The molecule has 0 atom stereocenters. The van der Waals surface area contributed by atoms with Gasteiger partial charge in [-0.2, -0.15) is 4.31 Å². The third-order valence-corrected chi connectivity index (χ3v) is 5.83. The maximum absolute atomic E-state index is 12.5. The summed E-state index contributed by atoms with van der Waals surface area (Å²) >= 11 is 11.9. The Balaban J connectivity index is 2.37. The van der Waals surface area contributed by atoms with Crippen molar-refractivity contribution in [2.75, 3.05) is 33.2 Å². The van der Waals surface area contributed by atoms with E-state index >= 15 is 0 Å². The maximum Gasteiger partial charge on any atom is 0.246 e. The standard InChI is InChI=1S/C11H14Cl2N2O2S/c1-14-5-7-15(8-6-14)18(16,17)11-9(12)3-2-4-10(11)13/h2-4H,5-8H2,1H3. The molecule has 0 saturated carbocycles. The van der Waals surface area contributed by atoms with Crippen LogP contribution >= 0.6 is 23.2 Å². The molecule has 0 aliphatic carbocycles. The molecule has 7 heteroatoms. The molecule has 18 heavy (non-hydrogen) atoms. The molecule has 0 bridgehead atoms. The van der Waals surface area contributed by atoms with Gasteiger partial charge in [-0.3, -0.25) is 0 Å². The normalized spacial score (nSPS) is 19.1. The van der Waals surface area contributed by atoms with Crippen LogP contribution < -0.4 is 0 Å². The van der Waals surface area contributed by atoms with E-state index in [0.717, 1.165) is 0 Å². The molecule has 1 saturated heterocycles. The number of halogens is 2. The molecule has 100 valence electrons. The Kier molecular flexibility index (Phi) is 4.18. The molecule has 0 spiro atoms. The highest BCUT2D eigenvalue weighted by molar-refractivity contribution is 7.89. The molecule has 1 aromatic carbocycles. The van der Waals surface area contributed by atoms with Crippen molar-refractivity contribution >= 4 is 33.2 Å². The summed E-state index contributed by atoms with van der Waals surface area (Å²) < 4.78 is 26.4. The second-order valence-corrected chi connectivity index (χ2v) is 6.95. The van der Waals surface area contributed by atoms with Crippen molar-refractivity contribution in [1.29, 1.82) is 0 Å². The van der Waals surface area contributed by atoms with Gasteiger partial charge < -0.3 is 4.90 Å². The lowest BCUT2D eigenvalue weighted by Crippen LogP contribution is -2.47. The van der Waals surface area contributed by atoms with Crippen LogP contribution in [0.15, 0.2) is 23.1 Å². The van der Waals surface area contributed by atoms with Gasteiger partial charge in [-0.15, -0.1) is 0 Å². The Bertz CT molecular complexity index is 520. The summed E-state index contributed by atoms with van der Waals surface area (Å²) in [4.78, 5) is 2.10. The Morgan fingerprint density at radius 1 is 1.06 bits per heavy atom. The van der Waals surface area contributed by atoms with E-state index in [4.69, 9.17) is 23.2 Å². The largest absolute Gasteiger partial charge is 0.304 e. The number of sulfonamides is 1. The molecular weight excluding hydrogens is 295 g/mol. The number of benzene rings is 1. The average Bonchev–Trinajstić information content (AvgIpc) is 2.29. The highest BCUT2D eigenvalue weighted by atomic mass is 35.5. The minimum absolute atomic E-state index is 0.0119. The predicted molar refractivity (Wildman–Crippen MR) is 72.7 cm³/mol. The van der Waals surface area contributed by atoms with Gasteiger partial charge in [-0.1, -0.05) is 29.3 Å². The first-order chi connectivity index (χ1) is 8.43. The average molecular weight is 309 g/mol. The summed E-state index contributed by atoms with van der Waals surface area (Å²) in [7, 11) is -1.64. The van der Waals surface area contributed by atoms with Gasteiger partial charge in [-0.25, -0.2) is 8.42 Å². The van der Waals surface area contributed by atoms with Crippen LogP contribution in [0, 0.1) is 0 Å². The minimum Gasteiger partial charge on any atom is -0.304 e. The van der Waals surface area contributed by atoms with E-state index < -0.39 is 10.0 Å². The highest BCUT2D eigenvalue weighted by Gasteiger charge is 2.30. The van der Waals surface area contributed by atoms with E-state index in [2.05, 4.69) is 4.90 Å². The molecule has 0 amide bonds. The summed E-state index contributed by atoms with van der Waals surface area (Å²) in [5.41, 5.74) is 0. The molecule has 0 aromatic heterocycles. The van der Waals surface area contributed by atoms with Crippen LogP contribution in [0.1, 0.15) is 0 Å². The lowest BCUT2D eigenvalue weighted by Gasteiger charge is -2.31. The van der Waals surface area contributed by atoms with Gasteiger partial charge in [0.25, 0.3) is 0 Å². The number of nitrogens with zero attached hydrogens (tertiary/aromatic N) is 2. The minimum atomic E-state index is -3.60. The fraction of sp³-hybridized carbons (Fsp3) is 0.455. The molecule has 0 radical (unpaired) electrons. The first kappa shape index (κ1) is 14.1. The van der Waals surface area contributed by atoms with Crippen LogP contribution in [0.5, 0.6) is 0 Å². The van der Waals surface area contributed by atoms with E-state index in [1.54, 1.807) is 6.07 Å². The molecule has 1 aliphatic rings. The second kappa shape index (κ2) is 5.35. The Morgan fingerprint density at radius 3 is 2.06 bits per heavy atom. The van der Waals surface area contributed by atoms with E-state index in [9.17, 15) is 8.42 Å². The summed E-state index contributed by atoms with van der Waals surface area (Å²) in [5.74, 6) is 0. The zero-order valence-electron chi connectivity index (χ0n) is 9.94. The molecule has 0 unspecified atom stereocenters. The van der Waals surface area contributed by atoms with Gasteiger partial charge in [0.15, 0.2) is 0 Å². The van der Waals surface area contributed by atoms with Crippen molar-refractivity contribution in [3.05, 3.63) is 28.2 Å². The van der Waals surface area contributed by atoms with Crippen LogP contribution in [-0.4, -0.2) is 50.8 Å². The third kappa shape index (κ3) is 2.65. The van der Waals surface area contributed by atoms with E-state index in [1.165, 1.54) is 16.4 Å². The summed E-state index contributed by atoms with van der Waals surface area (Å²) in [6, 6.07) is 4.71. The van der Waals surface area contributed by atoms with Gasteiger partial charge in [0.05, 0.1) is 10.0 Å². The first-order valence-electron chi connectivity index (χ1n) is 5.55. The second-order valence-electron chi connectivity index (χ2n) is 4.26. The smallest absolute Gasteiger partial charge is 0.246 e. The monoisotopic (exact) mass is 308 g/mol. The zero-order chi connectivity index (χ0) is 13.3. The number of piperazine rings is 1. The first-order valence-corrected chi connectivity index (χ1v) is 7.75. The van der Waals surface area contributed by atoms with Gasteiger partial charge >= 0.3 is 0 Å². The Labute approximate surface area is 117 Å². The molecule has 1 aliphatic heterocycles. The fourth-order valence-corrected chi connectivity index (χ4v) is 4.40. The molecule has 1 heterocycles. The van der Waals surface area contributed by atoms with E-state index in [1.807, 2.05) is 7.05 Å². The Hall–Kier alpha value is -0.330. The lowest BCUT2D eigenvalue weighted by atomic mass is 10.4. The SMILES string of the molecule is CN1CCN(S(=O)(=O)c2c(Cl)cccc2Cl)CC1. The van der Waals surface area contributed by atoms with Crippen molar-refractivity contribution in [1.82, 2.24) is 9.21 Å². The van der Waals surface area contributed by atoms with Crippen LogP contribution in [0.3, 0.4) is 0 Å². The van der Waals surface area contributed by atoms with Gasteiger partial charge in [-0.05, 0) is 19.2 Å². The molecule has 0 N–H and O–H groups in total. The van der Waals surface area contributed by atoms with E-state index in [0.29, 0.717) is 26.2 Å². The number of hydrogen-bond donors (Lipinski definition) is 0. The summed E-state index contributed by atoms with van der Waals surface area (Å²) in [6.45, 7) is 2.34. The number of likely N-dealkylation sites (N-methyl/N-ethyl adjacent to an activating group) is 1. The molecular formula is C11H14Cl2N2O2S. The third-order valence-electron chi connectivity index (χ3n) is 2.98. The van der Waals surface area contributed by atoms with Crippen LogP contribution in [0.4, 0.5) is 0 Å². The summed E-state index contributed by atoms with van der Waals surface area (Å²) in [5, 5.41) is 0.336. The van der Waals surface area contributed by atoms with Crippen molar-refractivity contribution < 1.29 is 8.42 Å². The molecule has 2 rings (SSSR count). The Morgan fingerprint density at radius 2 is 1.56 bits per heavy atom. The molecule has 4 nitrogen and oxygen atoms in total. The van der Waals surface area contributed by atoms with Gasteiger partial charge in [0, 0.05) is 26.2 Å². The summed E-state index contributed by atoms with van der Waals surface area (Å²) in [6.07, 6.45) is 0. The maximum atomic E-state index is 12.5.